The van der Waals surface area contributed by atoms with Crippen LogP contribution in [0.2, 0.25) is 0 Å². The van der Waals surface area contributed by atoms with Gasteiger partial charge in [0.15, 0.2) is 5.96 Å². The Bertz CT molecular complexity index is 503. The standard InChI is InChI=1S/C16H29N5OS.HI/c1-4-17-16(19-12-15-13(2)20-14(3)23-15)18-6-5-7-21-8-10-22-11-9-21;/h4-12H2,1-3H3,(H2,17,18,19);1H. The van der Waals surface area contributed by atoms with Crippen molar-refractivity contribution in [1.82, 2.24) is 20.5 Å². The van der Waals surface area contributed by atoms with Gasteiger partial charge < -0.3 is 15.4 Å². The van der Waals surface area contributed by atoms with E-state index in [1.54, 1.807) is 11.3 Å². The molecule has 1 aliphatic rings. The summed E-state index contributed by atoms with van der Waals surface area (Å²) in [4.78, 5) is 12.8. The first-order valence-corrected chi connectivity index (χ1v) is 9.26. The third kappa shape index (κ3) is 7.62. The molecule has 0 bridgehead atoms. The normalized spacial score (nSPS) is 15.9. The highest BCUT2D eigenvalue weighted by Crippen LogP contribution is 2.17. The number of hydrogen-bond donors (Lipinski definition) is 2. The second-order valence-corrected chi connectivity index (χ2v) is 6.96. The van der Waals surface area contributed by atoms with Crippen molar-refractivity contribution < 1.29 is 4.74 Å². The molecule has 6 nitrogen and oxygen atoms in total. The van der Waals surface area contributed by atoms with Crippen LogP contribution in [0.3, 0.4) is 0 Å². The number of guanidine groups is 1. The molecule has 0 radical (unpaired) electrons. The van der Waals surface area contributed by atoms with Gasteiger partial charge in [-0.15, -0.1) is 35.3 Å². The van der Waals surface area contributed by atoms with Gasteiger partial charge in [0.2, 0.25) is 0 Å². The maximum Gasteiger partial charge on any atom is 0.191 e. The molecule has 2 rings (SSSR count). The zero-order valence-electron chi connectivity index (χ0n) is 14.9. The van der Waals surface area contributed by atoms with Crippen LogP contribution in [0.1, 0.15) is 28.9 Å². The first kappa shape index (κ1) is 21.6. The highest BCUT2D eigenvalue weighted by Gasteiger charge is 2.09. The molecule has 0 amide bonds. The van der Waals surface area contributed by atoms with Gasteiger partial charge in [0.25, 0.3) is 0 Å². The lowest BCUT2D eigenvalue weighted by atomic mass is 10.3. The topological polar surface area (TPSA) is 61.8 Å². The Morgan fingerprint density at radius 2 is 2.04 bits per heavy atom. The summed E-state index contributed by atoms with van der Waals surface area (Å²) in [5, 5.41) is 7.84. The van der Waals surface area contributed by atoms with Crippen LogP contribution in [0, 0.1) is 13.8 Å². The van der Waals surface area contributed by atoms with Crippen LogP contribution in [0.5, 0.6) is 0 Å². The van der Waals surface area contributed by atoms with Crippen molar-refractivity contribution in [2.45, 2.75) is 33.7 Å². The molecule has 0 saturated carbocycles. The second-order valence-electron chi connectivity index (χ2n) is 5.67. The lowest BCUT2D eigenvalue weighted by molar-refractivity contribution is 0.0376. The first-order chi connectivity index (χ1) is 11.2. The number of aromatic nitrogens is 1. The Morgan fingerprint density at radius 1 is 1.29 bits per heavy atom. The molecule has 2 heterocycles. The van der Waals surface area contributed by atoms with Gasteiger partial charge in [0.05, 0.1) is 30.5 Å². The molecule has 138 valence electrons. The maximum absolute atomic E-state index is 5.37. The summed E-state index contributed by atoms with van der Waals surface area (Å²) in [6.45, 7) is 13.6. The van der Waals surface area contributed by atoms with E-state index in [9.17, 15) is 0 Å². The number of nitrogens with zero attached hydrogens (tertiary/aromatic N) is 3. The summed E-state index contributed by atoms with van der Waals surface area (Å²) in [5.74, 6) is 0.889. The number of halogens is 1. The minimum absolute atomic E-state index is 0. The zero-order valence-corrected chi connectivity index (χ0v) is 18.1. The van der Waals surface area contributed by atoms with Crippen LogP contribution < -0.4 is 10.6 Å². The van der Waals surface area contributed by atoms with Crippen LogP contribution in [-0.4, -0.2) is 61.8 Å². The predicted molar refractivity (Wildman–Crippen MR) is 112 cm³/mol. The Morgan fingerprint density at radius 3 is 2.67 bits per heavy atom. The number of morpholine rings is 1. The summed E-state index contributed by atoms with van der Waals surface area (Å²) in [6.07, 6.45) is 1.11. The molecule has 1 aliphatic heterocycles. The molecule has 0 aromatic carbocycles. The van der Waals surface area contributed by atoms with Crippen LogP contribution in [-0.2, 0) is 11.3 Å². The van der Waals surface area contributed by atoms with E-state index in [0.717, 1.165) is 69.0 Å². The molecule has 0 spiro atoms. The van der Waals surface area contributed by atoms with E-state index in [-0.39, 0.29) is 24.0 Å². The fraction of sp³-hybridized carbons (Fsp3) is 0.750. The molecule has 1 saturated heterocycles. The number of hydrogen-bond acceptors (Lipinski definition) is 5. The highest BCUT2D eigenvalue weighted by molar-refractivity contribution is 14.0. The van der Waals surface area contributed by atoms with E-state index in [2.05, 4.69) is 39.4 Å². The maximum atomic E-state index is 5.37. The number of aliphatic imine (C=N–C) groups is 1. The van der Waals surface area contributed by atoms with Crippen molar-refractivity contribution in [1.29, 1.82) is 0 Å². The van der Waals surface area contributed by atoms with Crippen molar-refractivity contribution >= 4 is 41.3 Å². The monoisotopic (exact) mass is 467 g/mol. The average Bonchev–Trinajstić information content (AvgIpc) is 2.87. The lowest BCUT2D eigenvalue weighted by Crippen LogP contribution is -2.40. The van der Waals surface area contributed by atoms with Gasteiger partial charge in [0.1, 0.15) is 0 Å². The van der Waals surface area contributed by atoms with Crippen LogP contribution >= 0.6 is 35.3 Å². The smallest absolute Gasteiger partial charge is 0.191 e. The summed E-state index contributed by atoms with van der Waals surface area (Å²) >= 11 is 1.73. The second kappa shape index (κ2) is 12.0. The Hall–Kier alpha value is -0.450. The minimum atomic E-state index is 0. The van der Waals surface area contributed by atoms with Crippen LogP contribution in [0.15, 0.2) is 4.99 Å². The van der Waals surface area contributed by atoms with Gasteiger partial charge in [-0.2, -0.15) is 0 Å². The van der Waals surface area contributed by atoms with Gasteiger partial charge in [0, 0.05) is 31.1 Å². The molecule has 0 aliphatic carbocycles. The van der Waals surface area contributed by atoms with Gasteiger partial charge in [-0.05, 0) is 33.7 Å². The molecule has 1 fully saturated rings. The first-order valence-electron chi connectivity index (χ1n) is 8.44. The molecule has 8 heteroatoms. The SMILES string of the molecule is CCNC(=NCc1sc(C)nc1C)NCCCN1CCOCC1.I. The average molecular weight is 467 g/mol. The molecule has 1 aromatic heterocycles. The Balaban J connectivity index is 0.00000288. The number of ether oxygens (including phenoxy) is 1. The highest BCUT2D eigenvalue weighted by atomic mass is 127. The largest absolute Gasteiger partial charge is 0.379 e. The predicted octanol–water partition coefficient (Wildman–Crippen LogP) is 2.16. The quantitative estimate of drug-likeness (QED) is 0.279. The van der Waals surface area contributed by atoms with E-state index in [4.69, 9.17) is 4.74 Å². The Kier molecular flexibility index (Phi) is 10.8. The molecule has 0 atom stereocenters. The third-order valence-corrected chi connectivity index (χ3v) is 4.83. The van der Waals surface area contributed by atoms with Gasteiger partial charge >= 0.3 is 0 Å². The molecule has 2 N–H and O–H groups in total. The molecule has 1 aromatic rings. The fourth-order valence-corrected chi connectivity index (χ4v) is 3.41. The lowest BCUT2D eigenvalue weighted by Gasteiger charge is -2.26. The van der Waals surface area contributed by atoms with E-state index in [1.807, 2.05) is 6.92 Å². The minimum Gasteiger partial charge on any atom is -0.379 e. The molecule has 24 heavy (non-hydrogen) atoms. The molecule has 0 unspecified atom stereocenters. The summed E-state index contributed by atoms with van der Waals surface area (Å²) in [5.41, 5.74) is 1.10. The van der Waals surface area contributed by atoms with Crippen molar-refractivity contribution in [3.63, 3.8) is 0 Å². The fourth-order valence-electron chi connectivity index (χ4n) is 2.55. The van der Waals surface area contributed by atoms with Gasteiger partial charge in [-0.1, -0.05) is 0 Å². The van der Waals surface area contributed by atoms with Gasteiger partial charge in [-0.25, -0.2) is 9.98 Å². The number of rotatable bonds is 7. The summed E-state index contributed by atoms with van der Waals surface area (Å²) in [7, 11) is 0. The van der Waals surface area contributed by atoms with Crippen LogP contribution in [0.4, 0.5) is 0 Å². The zero-order chi connectivity index (χ0) is 16.5. The van der Waals surface area contributed by atoms with Gasteiger partial charge in [-0.3, -0.25) is 4.90 Å². The third-order valence-electron chi connectivity index (χ3n) is 3.77. The summed E-state index contributed by atoms with van der Waals surface area (Å²) in [6, 6.07) is 0. The van der Waals surface area contributed by atoms with Crippen molar-refractivity contribution in [3.05, 3.63) is 15.6 Å². The van der Waals surface area contributed by atoms with E-state index in [1.165, 1.54) is 4.88 Å². The van der Waals surface area contributed by atoms with Crippen molar-refractivity contribution in [3.8, 4) is 0 Å². The van der Waals surface area contributed by atoms with Crippen molar-refractivity contribution in [2.75, 3.05) is 45.9 Å². The van der Waals surface area contributed by atoms with E-state index < -0.39 is 0 Å². The number of nitrogens with one attached hydrogen (secondary N) is 2. The number of thiazole rings is 1. The molecular weight excluding hydrogens is 437 g/mol. The Labute approximate surface area is 166 Å². The van der Waals surface area contributed by atoms with Crippen molar-refractivity contribution in [2.24, 2.45) is 4.99 Å². The summed E-state index contributed by atoms with van der Waals surface area (Å²) < 4.78 is 5.37. The van der Waals surface area contributed by atoms with Crippen LogP contribution in [0.25, 0.3) is 0 Å². The van der Waals surface area contributed by atoms with E-state index >= 15 is 0 Å². The van der Waals surface area contributed by atoms with E-state index in [0.29, 0.717) is 6.54 Å². The number of aryl methyl sites for hydroxylation is 2. The molecular formula is C16H30IN5OS.